The van der Waals surface area contributed by atoms with Crippen molar-refractivity contribution in [2.24, 2.45) is 0 Å². The number of hydrogen-bond donors (Lipinski definition) is 1. The van der Waals surface area contributed by atoms with E-state index >= 15 is 0 Å². The van der Waals surface area contributed by atoms with E-state index in [9.17, 15) is 9.59 Å². The van der Waals surface area contributed by atoms with E-state index in [0.29, 0.717) is 23.7 Å². The molecule has 0 aliphatic rings. The molecule has 0 saturated heterocycles. The summed E-state index contributed by atoms with van der Waals surface area (Å²) in [4.78, 5) is 28.0. The summed E-state index contributed by atoms with van der Waals surface area (Å²) in [5.74, 6) is 1.55. The van der Waals surface area contributed by atoms with E-state index < -0.39 is 6.04 Å². The summed E-state index contributed by atoms with van der Waals surface area (Å²) in [6.07, 6.45) is 0.533. The molecule has 0 aromatic heterocycles. The fraction of sp³-hybridized carbons (Fsp3) is 0.440. The predicted octanol–water partition coefficient (Wildman–Crippen LogP) is 5.30. The number of nitrogens with one attached hydrogen (secondary N) is 1. The molecule has 0 aliphatic carbocycles. The maximum atomic E-state index is 13.3. The largest absolute Gasteiger partial charge is 0.497 e. The van der Waals surface area contributed by atoms with Crippen molar-refractivity contribution in [3.05, 3.63) is 64.7 Å². The van der Waals surface area contributed by atoms with Crippen LogP contribution in [0.3, 0.4) is 0 Å². The van der Waals surface area contributed by atoms with Gasteiger partial charge in [0.2, 0.25) is 11.8 Å². The van der Waals surface area contributed by atoms with Crippen LogP contribution in [0.2, 0.25) is 5.02 Å². The first-order valence-corrected chi connectivity index (χ1v) is 12.2. The number of carbonyl (C=O) groups is 2. The van der Waals surface area contributed by atoms with Gasteiger partial charge in [-0.2, -0.15) is 0 Å². The summed E-state index contributed by atoms with van der Waals surface area (Å²) < 4.78 is 5.23. The molecular weight excluding hydrogens is 444 g/mol. The third-order valence-corrected chi connectivity index (χ3v) is 6.04. The van der Waals surface area contributed by atoms with Crippen molar-refractivity contribution in [3.63, 3.8) is 0 Å². The molecule has 7 heteroatoms. The van der Waals surface area contributed by atoms with Crippen molar-refractivity contribution in [1.29, 1.82) is 0 Å². The SMILES string of the molecule is CC[C@@H](C(=O)NC(C)(C)C)N(Cc1ccc(OC)cc1)C(=O)CSCc1ccc(Cl)cc1. The minimum Gasteiger partial charge on any atom is -0.497 e. The van der Waals surface area contributed by atoms with Gasteiger partial charge in [0, 0.05) is 22.9 Å². The van der Waals surface area contributed by atoms with Gasteiger partial charge in [0.1, 0.15) is 11.8 Å². The molecule has 0 bridgehead atoms. The second-order valence-electron chi connectivity index (χ2n) is 8.65. The fourth-order valence-corrected chi connectivity index (χ4v) is 4.22. The first-order valence-electron chi connectivity index (χ1n) is 10.7. The summed E-state index contributed by atoms with van der Waals surface area (Å²) >= 11 is 7.48. The molecule has 32 heavy (non-hydrogen) atoms. The minimum absolute atomic E-state index is 0.0595. The Balaban J connectivity index is 2.15. The van der Waals surface area contributed by atoms with Crippen LogP contribution in [-0.4, -0.2) is 41.2 Å². The minimum atomic E-state index is -0.542. The van der Waals surface area contributed by atoms with Gasteiger partial charge in [-0.15, -0.1) is 11.8 Å². The Morgan fingerprint density at radius 1 is 1.06 bits per heavy atom. The summed E-state index contributed by atoms with van der Waals surface area (Å²) in [6, 6.07) is 14.6. The highest BCUT2D eigenvalue weighted by Crippen LogP contribution is 2.20. The molecule has 0 spiro atoms. The molecule has 0 fully saturated rings. The summed E-state index contributed by atoms with van der Waals surface area (Å²) in [5.41, 5.74) is 1.68. The number of amides is 2. The lowest BCUT2D eigenvalue weighted by Gasteiger charge is -2.33. The zero-order valence-corrected chi connectivity index (χ0v) is 21.1. The van der Waals surface area contributed by atoms with E-state index in [1.807, 2.05) is 76.2 Å². The molecule has 2 aromatic rings. The van der Waals surface area contributed by atoms with E-state index in [0.717, 1.165) is 16.9 Å². The number of hydrogen-bond acceptors (Lipinski definition) is 4. The quantitative estimate of drug-likeness (QED) is 0.505. The Kier molecular flexibility index (Phi) is 9.91. The zero-order valence-electron chi connectivity index (χ0n) is 19.5. The topological polar surface area (TPSA) is 58.6 Å². The predicted molar refractivity (Wildman–Crippen MR) is 133 cm³/mol. The number of benzene rings is 2. The first kappa shape index (κ1) is 26.1. The van der Waals surface area contributed by atoms with Crippen LogP contribution in [0.5, 0.6) is 5.75 Å². The summed E-state index contributed by atoms with van der Waals surface area (Å²) in [7, 11) is 1.62. The Bertz CT molecular complexity index is 880. The van der Waals surface area contributed by atoms with Crippen LogP contribution in [-0.2, 0) is 21.9 Å². The van der Waals surface area contributed by atoms with Crippen molar-refractivity contribution in [2.45, 2.75) is 58.0 Å². The molecule has 0 radical (unpaired) electrons. The van der Waals surface area contributed by atoms with Gasteiger partial charge in [-0.3, -0.25) is 9.59 Å². The summed E-state index contributed by atoms with van der Waals surface area (Å²) in [6.45, 7) is 8.11. The van der Waals surface area contributed by atoms with E-state index in [1.165, 1.54) is 11.8 Å². The molecule has 0 unspecified atom stereocenters. The molecule has 0 saturated carbocycles. The lowest BCUT2D eigenvalue weighted by molar-refractivity contribution is -0.140. The highest BCUT2D eigenvalue weighted by molar-refractivity contribution is 7.99. The molecule has 0 aliphatic heterocycles. The molecule has 1 N–H and O–H groups in total. The van der Waals surface area contributed by atoms with Crippen LogP contribution in [0.15, 0.2) is 48.5 Å². The molecule has 2 rings (SSSR count). The van der Waals surface area contributed by atoms with Crippen LogP contribution in [0.4, 0.5) is 0 Å². The molecule has 0 heterocycles. The van der Waals surface area contributed by atoms with Crippen LogP contribution in [0.1, 0.15) is 45.2 Å². The number of halogens is 1. The van der Waals surface area contributed by atoms with Crippen LogP contribution in [0.25, 0.3) is 0 Å². The standard InChI is InChI=1S/C25H33ClN2O3S/c1-6-22(24(30)27-25(2,3)4)28(15-18-9-13-21(31-5)14-10-18)23(29)17-32-16-19-7-11-20(26)12-8-19/h7-14,22H,6,15-17H2,1-5H3,(H,27,30)/t22-/m0/s1. The normalized spacial score (nSPS) is 12.2. The van der Waals surface area contributed by atoms with Gasteiger partial charge < -0.3 is 15.0 Å². The van der Waals surface area contributed by atoms with Gasteiger partial charge in [-0.05, 0) is 62.6 Å². The number of methoxy groups -OCH3 is 1. The highest BCUT2D eigenvalue weighted by Gasteiger charge is 2.30. The zero-order chi connectivity index (χ0) is 23.7. The van der Waals surface area contributed by atoms with E-state index in [-0.39, 0.29) is 23.1 Å². The fourth-order valence-electron chi connectivity index (χ4n) is 3.22. The van der Waals surface area contributed by atoms with Crippen molar-refractivity contribution in [2.75, 3.05) is 12.9 Å². The lowest BCUT2D eigenvalue weighted by Crippen LogP contribution is -2.53. The van der Waals surface area contributed by atoms with Crippen molar-refractivity contribution in [1.82, 2.24) is 10.2 Å². The molecule has 2 aromatic carbocycles. The molecule has 5 nitrogen and oxygen atoms in total. The molecule has 1 atom stereocenters. The first-order chi connectivity index (χ1) is 15.1. The molecule has 174 valence electrons. The lowest BCUT2D eigenvalue weighted by atomic mass is 10.1. The van der Waals surface area contributed by atoms with Crippen LogP contribution >= 0.6 is 23.4 Å². The van der Waals surface area contributed by atoms with Gasteiger partial charge in [0.25, 0.3) is 0 Å². The van der Waals surface area contributed by atoms with Gasteiger partial charge in [0.05, 0.1) is 12.9 Å². The Labute approximate surface area is 200 Å². The maximum absolute atomic E-state index is 13.3. The average molecular weight is 477 g/mol. The average Bonchev–Trinajstić information content (AvgIpc) is 2.74. The third kappa shape index (κ3) is 8.40. The van der Waals surface area contributed by atoms with Crippen molar-refractivity contribution in [3.8, 4) is 5.75 Å². The second-order valence-corrected chi connectivity index (χ2v) is 10.1. The number of carbonyl (C=O) groups excluding carboxylic acids is 2. The third-order valence-electron chi connectivity index (χ3n) is 4.80. The number of thioether (sulfide) groups is 1. The number of rotatable bonds is 10. The van der Waals surface area contributed by atoms with Gasteiger partial charge >= 0.3 is 0 Å². The Hall–Kier alpha value is -2.18. The Morgan fingerprint density at radius 2 is 1.66 bits per heavy atom. The second kappa shape index (κ2) is 12.2. The molecular formula is C25H33ClN2O3S. The summed E-state index contributed by atoms with van der Waals surface area (Å²) in [5, 5.41) is 3.72. The Morgan fingerprint density at radius 3 is 2.19 bits per heavy atom. The van der Waals surface area contributed by atoms with Crippen molar-refractivity contribution < 1.29 is 14.3 Å². The molecule has 2 amide bonds. The number of ether oxygens (including phenoxy) is 1. The van der Waals surface area contributed by atoms with E-state index in [1.54, 1.807) is 12.0 Å². The van der Waals surface area contributed by atoms with Crippen molar-refractivity contribution >= 4 is 35.2 Å². The smallest absolute Gasteiger partial charge is 0.243 e. The van der Waals surface area contributed by atoms with Gasteiger partial charge in [-0.25, -0.2) is 0 Å². The van der Waals surface area contributed by atoms with E-state index in [2.05, 4.69) is 5.32 Å². The monoisotopic (exact) mass is 476 g/mol. The van der Waals surface area contributed by atoms with Crippen LogP contribution in [0, 0.1) is 0 Å². The van der Waals surface area contributed by atoms with Gasteiger partial charge in [-0.1, -0.05) is 42.8 Å². The van der Waals surface area contributed by atoms with Crippen LogP contribution < -0.4 is 10.1 Å². The number of nitrogens with zero attached hydrogens (tertiary/aromatic N) is 1. The van der Waals surface area contributed by atoms with E-state index in [4.69, 9.17) is 16.3 Å². The highest BCUT2D eigenvalue weighted by atomic mass is 35.5. The van der Waals surface area contributed by atoms with Gasteiger partial charge in [0.15, 0.2) is 0 Å². The maximum Gasteiger partial charge on any atom is 0.243 e.